The number of nitrogens with zero attached hydrogens (tertiary/aromatic N) is 2. The highest BCUT2D eigenvalue weighted by molar-refractivity contribution is 6.05. The molecule has 0 unspecified atom stereocenters. The monoisotopic (exact) mass is 424 g/mol. The van der Waals surface area contributed by atoms with Crippen molar-refractivity contribution in [2.45, 2.75) is 26.3 Å². The van der Waals surface area contributed by atoms with Crippen molar-refractivity contribution >= 4 is 22.6 Å². The summed E-state index contributed by atoms with van der Waals surface area (Å²) < 4.78 is 11.7. The van der Waals surface area contributed by atoms with E-state index >= 15 is 0 Å². The Bertz CT molecular complexity index is 1170. The number of ether oxygens (including phenoxy) is 2. The van der Waals surface area contributed by atoms with Gasteiger partial charge in [0.2, 0.25) is 5.91 Å². The number of hydrazine groups is 1. The first kappa shape index (κ1) is 21.8. The molecule has 0 fully saturated rings. The van der Waals surface area contributed by atoms with Crippen molar-refractivity contribution in [3.8, 4) is 11.5 Å². The maximum atomic E-state index is 12.7. The first-order valence-corrected chi connectivity index (χ1v) is 9.78. The van der Waals surface area contributed by atoms with Crippen molar-refractivity contribution in [1.82, 2.24) is 20.6 Å². The summed E-state index contributed by atoms with van der Waals surface area (Å²) in [6.45, 7) is 2.08. The third-order valence-corrected chi connectivity index (χ3v) is 4.81. The standard InChI is InChI=1S/C22H24N4O5/c1-4-26-22(29)17-8-6-5-7-16(17)20(25-26)21(28)24-23-19(27)12-9-14-13-15(30-2)10-11-18(14)31-3/h5-8,10-11,13H,4,9,12H2,1-3H3,(H,23,27)(H,24,28). The van der Waals surface area contributed by atoms with Crippen LogP contribution in [0.15, 0.2) is 47.3 Å². The van der Waals surface area contributed by atoms with Gasteiger partial charge < -0.3 is 9.47 Å². The number of rotatable bonds is 7. The van der Waals surface area contributed by atoms with Crippen molar-refractivity contribution in [1.29, 1.82) is 0 Å². The van der Waals surface area contributed by atoms with Crippen LogP contribution in [-0.4, -0.2) is 35.8 Å². The lowest BCUT2D eigenvalue weighted by Crippen LogP contribution is -2.42. The van der Waals surface area contributed by atoms with Gasteiger partial charge in [0.05, 0.1) is 19.6 Å². The lowest BCUT2D eigenvalue weighted by molar-refractivity contribution is -0.121. The number of hydrogen-bond donors (Lipinski definition) is 2. The molecule has 31 heavy (non-hydrogen) atoms. The predicted octanol–water partition coefficient (Wildman–Crippen LogP) is 1.83. The largest absolute Gasteiger partial charge is 0.497 e. The van der Waals surface area contributed by atoms with Gasteiger partial charge in [-0.05, 0) is 43.2 Å². The summed E-state index contributed by atoms with van der Waals surface area (Å²) in [5, 5.41) is 4.95. The molecule has 2 N–H and O–H groups in total. The lowest BCUT2D eigenvalue weighted by Gasteiger charge is -2.12. The molecule has 2 amide bonds. The van der Waals surface area contributed by atoms with Crippen molar-refractivity contribution in [3.05, 3.63) is 64.1 Å². The Morgan fingerprint density at radius 3 is 2.45 bits per heavy atom. The zero-order chi connectivity index (χ0) is 22.4. The molecule has 1 heterocycles. The molecule has 3 rings (SSSR count). The summed E-state index contributed by atoms with van der Waals surface area (Å²) in [6.07, 6.45) is 0.510. The average Bonchev–Trinajstić information content (AvgIpc) is 2.81. The lowest BCUT2D eigenvalue weighted by atomic mass is 10.1. The van der Waals surface area contributed by atoms with Crippen LogP contribution in [0.1, 0.15) is 29.4 Å². The number of hydrogen-bond acceptors (Lipinski definition) is 6. The summed E-state index contributed by atoms with van der Waals surface area (Å²) in [5.41, 5.74) is 5.37. The number of fused-ring (bicyclic) bond motifs is 1. The number of carbonyl (C=O) groups excluding carboxylic acids is 2. The second-order valence-electron chi connectivity index (χ2n) is 6.70. The van der Waals surface area contributed by atoms with Crippen LogP contribution in [0.3, 0.4) is 0 Å². The maximum absolute atomic E-state index is 12.7. The van der Waals surface area contributed by atoms with Crippen molar-refractivity contribution in [2.24, 2.45) is 0 Å². The number of nitrogens with one attached hydrogen (secondary N) is 2. The van der Waals surface area contributed by atoms with E-state index in [0.29, 0.717) is 35.2 Å². The fourth-order valence-electron chi connectivity index (χ4n) is 3.19. The number of carbonyl (C=O) groups is 2. The molecule has 2 aromatic carbocycles. The first-order valence-electron chi connectivity index (χ1n) is 9.78. The van der Waals surface area contributed by atoms with Gasteiger partial charge in [0.25, 0.3) is 11.5 Å². The molecule has 0 bridgehead atoms. The van der Waals surface area contributed by atoms with Crippen LogP contribution in [0.2, 0.25) is 0 Å². The van der Waals surface area contributed by atoms with Gasteiger partial charge in [-0.3, -0.25) is 25.2 Å². The van der Waals surface area contributed by atoms with E-state index in [9.17, 15) is 14.4 Å². The van der Waals surface area contributed by atoms with Crippen LogP contribution >= 0.6 is 0 Å². The fraction of sp³-hybridized carbons (Fsp3) is 0.273. The Morgan fingerprint density at radius 2 is 1.77 bits per heavy atom. The molecule has 0 aliphatic heterocycles. The molecule has 0 saturated heterocycles. The van der Waals surface area contributed by atoms with Gasteiger partial charge in [-0.15, -0.1) is 0 Å². The smallest absolute Gasteiger partial charge is 0.290 e. The van der Waals surface area contributed by atoms with E-state index in [4.69, 9.17) is 9.47 Å². The summed E-state index contributed by atoms with van der Waals surface area (Å²) in [5.74, 6) is 0.320. The minimum atomic E-state index is -0.606. The number of methoxy groups -OCH3 is 2. The molecule has 0 aliphatic carbocycles. The SMILES string of the molecule is CCn1nc(C(=O)NNC(=O)CCc2cc(OC)ccc2OC)c2ccccc2c1=O. The Morgan fingerprint density at radius 1 is 1.03 bits per heavy atom. The number of aromatic nitrogens is 2. The molecule has 0 atom stereocenters. The van der Waals surface area contributed by atoms with E-state index in [2.05, 4.69) is 16.0 Å². The van der Waals surface area contributed by atoms with E-state index in [1.54, 1.807) is 63.6 Å². The van der Waals surface area contributed by atoms with Crippen LogP contribution in [0.25, 0.3) is 10.8 Å². The Hall–Kier alpha value is -3.88. The van der Waals surface area contributed by atoms with Gasteiger partial charge in [-0.25, -0.2) is 4.68 Å². The maximum Gasteiger partial charge on any atom is 0.290 e. The Kier molecular flexibility index (Phi) is 6.86. The molecule has 1 aromatic heterocycles. The predicted molar refractivity (Wildman–Crippen MR) is 115 cm³/mol. The van der Waals surface area contributed by atoms with Gasteiger partial charge in [-0.1, -0.05) is 18.2 Å². The molecule has 0 spiro atoms. The van der Waals surface area contributed by atoms with Crippen molar-refractivity contribution in [3.63, 3.8) is 0 Å². The van der Waals surface area contributed by atoms with Crippen LogP contribution in [0, 0.1) is 0 Å². The van der Waals surface area contributed by atoms with Crippen LogP contribution < -0.4 is 25.9 Å². The molecule has 3 aromatic rings. The summed E-state index contributed by atoms with van der Waals surface area (Å²) in [7, 11) is 3.12. The third kappa shape index (κ3) is 4.82. The van der Waals surface area contributed by atoms with Crippen molar-refractivity contribution < 1.29 is 19.1 Å². The number of aryl methyl sites for hydroxylation is 2. The average molecular weight is 424 g/mol. The number of benzene rings is 2. The van der Waals surface area contributed by atoms with Gasteiger partial charge in [0.15, 0.2) is 5.69 Å². The molecule has 9 nitrogen and oxygen atoms in total. The van der Waals surface area contributed by atoms with E-state index < -0.39 is 5.91 Å². The second kappa shape index (κ2) is 9.75. The zero-order valence-electron chi connectivity index (χ0n) is 17.6. The molecule has 162 valence electrons. The summed E-state index contributed by atoms with van der Waals surface area (Å²) in [6, 6.07) is 12.1. The van der Waals surface area contributed by atoms with Gasteiger partial charge in [0.1, 0.15) is 11.5 Å². The van der Waals surface area contributed by atoms with Crippen molar-refractivity contribution in [2.75, 3.05) is 14.2 Å². The van der Waals surface area contributed by atoms with Gasteiger partial charge in [0, 0.05) is 18.4 Å². The van der Waals surface area contributed by atoms with E-state index in [0.717, 1.165) is 5.56 Å². The Labute approximate surface area is 178 Å². The molecule has 0 aliphatic rings. The molecule has 9 heteroatoms. The van der Waals surface area contributed by atoms with Crippen LogP contribution in [0.4, 0.5) is 0 Å². The first-order chi connectivity index (χ1) is 15.0. The Balaban J connectivity index is 1.68. The fourth-order valence-corrected chi connectivity index (χ4v) is 3.19. The third-order valence-electron chi connectivity index (χ3n) is 4.81. The minimum Gasteiger partial charge on any atom is -0.497 e. The highest BCUT2D eigenvalue weighted by atomic mass is 16.5. The van der Waals surface area contributed by atoms with Crippen LogP contribution in [0.5, 0.6) is 11.5 Å². The van der Waals surface area contributed by atoms with E-state index in [1.807, 2.05) is 0 Å². The molecular weight excluding hydrogens is 400 g/mol. The zero-order valence-corrected chi connectivity index (χ0v) is 17.6. The molecular formula is C22H24N4O5. The minimum absolute atomic E-state index is 0.0619. The molecule has 0 saturated carbocycles. The quantitative estimate of drug-likeness (QED) is 0.560. The number of amides is 2. The topological polar surface area (TPSA) is 112 Å². The summed E-state index contributed by atoms with van der Waals surface area (Å²) in [4.78, 5) is 37.3. The van der Waals surface area contributed by atoms with E-state index in [1.165, 1.54) is 4.68 Å². The highest BCUT2D eigenvalue weighted by Crippen LogP contribution is 2.25. The van der Waals surface area contributed by atoms with E-state index in [-0.39, 0.29) is 23.6 Å². The van der Waals surface area contributed by atoms with Gasteiger partial charge in [-0.2, -0.15) is 5.10 Å². The van der Waals surface area contributed by atoms with Crippen LogP contribution in [-0.2, 0) is 17.8 Å². The normalized spacial score (nSPS) is 10.5. The summed E-state index contributed by atoms with van der Waals surface area (Å²) >= 11 is 0. The highest BCUT2D eigenvalue weighted by Gasteiger charge is 2.17. The second-order valence-corrected chi connectivity index (χ2v) is 6.70. The van der Waals surface area contributed by atoms with Gasteiger partial charge >= 0.3 is 0 Å². The molecule has 0 radical (unpaired) electrons.